The first-order valence-electron chi connectivity index (χ1n) is 8.30. The van der Waals surface area contributed by atoms with Gasteiger partial charge in [0.2, 0.25) is 5.91 Å². The zero-order valence-electron chi connectivity index (χ0n) is 14.8. The number of methoxy groups -OCH3 is 1. The topological polar surface area (TPSA) is 73.9 Å². The highest BCUT2D eigenvalue weighted by Crippen LogP contribution is 2.36. The lowest BCUT2D eigenvalue weighted by Gasteiger charge is -2.23. The summed E-state index contributed by atoms with van der Waals surface area (Å²) in [7, 11) is 1.32. The summed E-state index contributed by atoms with van der Waals surface area (Å²) in [6.07, 6.45) is -0.0887. The van der Waals surface area contributed by atoms with Gasteiger partial charge in [-0.15, -0.1) is 11.8 Å². The number of rotatable bonds is 7. The van der Waals surface area contributed by atoms with Crippen LogP contribution >= 0.6 is 11.8 Å². The van der Waals surface area contributed by atoms with Crippen molar-refractivity contribution in [2.24, 2.45) is 0 Å². The smallest absolute Gasteiger partial charge is 0.387 e. The molecule has 9 heteroatoms. The van der Waals surface area contributed by atoms with Gasteiger partial charge in [-0.05, 0) is 29.8 Å². The van der Waals surface area contributed by atoms with Crippen molar-refractivity contribution in [1.82, 2.24) is 0 Å². The molecule has 0 fully saturated rings. The predicted octanol–water partition coefficient (Wildman–Crippen LogP) is 3.84. The second-order valence-corrected chi connectivity index (χ2v) is 7.06. The van der Waals surface area contributed by atoms with Gasteiger partial charge in [-0.3, -0.25) is 9.59 Å². The Labute approximate surface area is 164 Å². The van der Waals surface area contributed by atoms with Crippen LogP contribution in [0.4, 0.5) is 14.5 Å². The number of benzene rings is 2. The minimum absolute atomic E-state index is 0.0836. The molecule has 148 valence electrons. The second kappa shape index (κ2) is 8.92. The van der Waals surface area contributed by atoms with Crippen LogP contribution in [-0.2, 0) is 20.9 Å². The molecule has 0 aromatic heterocycles. The molecule has 1 aliphatic rings. The average molecular weight is 409 g/mol. The number of esters is 1. The summed E-state index contributed by atoms with van der Waals surface area (Å²) in [4.78, 5) is 25.2. The highest BCUT2D eigenvalue weighted by molar-refractivity contribution is 8.01. The Balaban J connectivity index is 1.56. The number of nitrogens with one attached hydrogen (secondary N) is 1. The van der Waals surface area contributed by atoms with E-state index >= 15 is 0 Å². The van der Waals surface area contributed by atoms with Gasteiger partial charge in [0.05, 0.1) is 24.5 Å². The number of hydrogen-bond acceptors (Lipinski definition) is 6. The van der Waals surface area contributed by atoms with Gasteiger partial charge < -0.3 is 19.5 Å². The number of fused-ring (bicyclic) bond motifs is 1. The fourth-order valence-electron chi connectivity index (χ4n) is 2.60. The van der Waals surface area contributed by atoms with Gasteiger partial charge in [0.15, 0.2) is 11.5 Å². The van der Waals surface area contributed by atoms with E-state index in [0.29, 0.717) is 5.56 Å². The van der Waals surface area contributed by atoms with Gasteiger partial charge in [-0.1, -0.05) is 18.2 Å². The van der Waals surface area contributed by atoms with Gasteiger partial charge in [-0.2, -0.15) is 8.78 Å². The van der Waals surface area contributed by atoms with Crippen LogP contribution in [0.1, 0.15) is 12.0 Å². The summed E-state index contributed by atoms with van der Waals surface area (Å²) in [5.74, 6) is -0.802. The molecule has 6 nitrogen and oxygen atoms in total. The van der Waals surface area contributed by atoms with Crippen molar-refractivity contribution in [3.8, 4) is 11.5 Å². The fraction of sp³-hybridized carbons (Fsp3) is 0.263. The van der Waals surface area contributed by atoms with Crippen molar-refractivity contribution in [2.45, 2.75) is 29.8 Å². The molecule has 1 aliphatic heterocycles. The molecule has 2 aromatic carbocycles. The number of ether oxygens (including phenoxy) is 3. The summed E-state index contributed by atoms with van der Waals surface area (Å²) in [5.41, 5.74) is 1.26. The number of carbonyl (C=O) groups excluding carboxylic acids is 2. The maximum Gasteiger partial charge on any atom is 0.387 e. The standard InChI is InChI=1S/C19H17F2NO5S/c1-25-14-8-11(6-7-13(14)27-19(20)21)10-26-17(23)9-16-18(24)22-12-4-2-3-5-15(12)28-16/h2-8,16,19H,9-10H2,1H3,(H,22,24)/t16-/m1/s1. The van der Waals surface area contributed by atoms with Crippen molar-refractivity contribution in [3.63, 3.8) is 0 Å². The summed E-state index contributed by atoms with van der Waals surface area (Å²) in [6.45, 7) is -3.05. The van der Waals surface area contributed by atoms with E-state index < -0.39 is 17.8 Å². The van der Waals surface area contributed by atoms with Crippen molar-refractivity contribution < 1.29 is 32.6 Å². The van der Waals surface area contributed by atoms with Crippen LogP contribution in [0.5, 0.6) is 11.5 Å². The first-order valence-corrected chi connectivity index (χ1v) is 9.18. The third-order valence-electron chi connectivity index (χ3n) is 3.90. The number of hydrogen-bond donors (Lipinski definition) is 1. The number of anilines is 1. The molecule has 3 rings (SSSR count). The predicted molar refractivity (Wildman–Crippen MR) is 98.8 cm³/mol. The van der Waals surface area contributed by atoms with Crippen molar-refractivity contribution in [3.05, 3.63) is 48.0 Å². The van der Waals surface area contributed by atoms with Crippen LogP contribution in [0.25, 0.3) is 0 Å². The van der Waals surface area contributed by atoms with E-state index in [9.17, 15) is 18.4 Å². The molecule has 0 radical (unpaired) electrons. The maximum absolute atomic E-state index is 12.4. The number of para-hydroxylation sites is 1. The van der Waals surface area contributed by atoms with E-state index in [1.807, 2.05) is 18.2 Å². The summed E-state index contributed by atoms with van der Waals surface area (Å²) < 4.78 is 39.3. The number of thioether (sulfide) groups is 1. The molecule has 1 atom stereocenters. The third kappa shape index (κ3) is 4.92. The first kappa shape index (κ1) is 19.9. The Morgan fingerprint density at radius 2 is 2.00 bits per heavy atom. The van der Waals surface area contributed by atoms with E-state index in [-0.39, 0.29) is 30.4 Å². The molecule has 28 heavy (non-hydrogen) atoms. The quantitative estimate of drug-likeness (QED) is 0.701. The van der Waals surface area contributed by atoms with Gasteiger partial charge >= 0.3 is 12.6 Å². The first-order chi connectivity index (χ1) is 13.5. The van der Waals surface area contributed by atoms with E-state index in [4.69, 9.17) is 9.47 Å². The Bertz CT molecular complexity index is 877. The molecule has 0 spiro atoms. The zero-order valence-corrected chi connectivity index (χ0v) is 15.6. The Morgan fingerprint density at radius 3 is 2.75 bits per heavy atom. The van der Waals surface area contributed by atoms with Crippen molar-refractivity contribution in [1.29, 1.82) is 0 Å². The highest BCUT2D eigenvalue weighted by atomic mass is 32.2. The van der Waals surface area contributed by atoms with Gasteiger partial charge in [0.1, 0.15) is 6.61 Å². The Kier molecular flexibility index (Phi) is 6.35. The summed E-state index contributed by atoms with van der Waals surface area (Å²) in [6, 6.07) is 11.6. The monoisotopic (exact) mass is 409 g/mol. The lowest BCUT2D eigenvalue weighted by molar-refractivity contribution is -0.145. The van der Waals surface area contributed by atoms with Crippen LogP contribution in [0, 0.1) is 0 Å². The van der Waals surface area contributed by atoms with Crippen LogP contribution in [-0.4, -0.2) is 30.8 Å². The summed E-state index contributed by atoms with van der Waals surface area (Å²) >= 11 is 1.31. The van der Waals surface area contributed by atoms with Gasteiger partial charge in [0, 0.05) is 4.90 Å². The second-order valence-electron chi connectivity index (χ2n) is 5.82. The molecular weight excluding hydrogens is 392 g/mol. The lowest BCUT2D eigenvalue weighted by Crippen LogP contribution is -2.31. The fourth-order valence-corrected chi connectivity index (χ4v) is 3.69. The minimum Gasteiger partial charge on any atom is -0.493 e. The van der Waals surface area contributed by atoms with Crippen LogP contribution in [0.2, 0.25) is 0 Å². The Morgan fingerprint density at radius 1 is 1.21 bits per heavy atom. The molecule has 0 bridgehead atoms. The van der Waals surface area contributed by atoms with E-state index in [1.54, 1.807) is 6.07 Å². The molecule has 0 saturated carbocycles. The zero-order chi connectivity index (χ0) is 20.1. The van der Waals surface area contributed by atoms with Crippen LogP contribution in [0.3, 0.4) is 0 Å². The highest BCUT2D eigenvalue weighted by Gasteiger charge is 2.29. The normalized spacial score (nSPS) is 15.6. The number of halogens is 2. The molecule has 0 aliphatic carbocycles. The Hall–Kier alpha value is -2.81. The van der Waals surface area contributed by atoms with E-state index in [2.05, 4.69) is 10.1 Å². The average Bonchev–Trinajstić information content (AvgIpc) is 2.67. The molecule has 0 unspecified atom stereocenters. The van der Waals surface area contributed by atoms with Crippen LogP contribution in [0.15, 0.2) is 47.4 Å². The molecule has 0 saturated heterocycles. The molecule has 1 N–H and O–H groups in total. The minimum atomic E-state index is -2.97. The van der Waals surface area contributed by atoms with Crippen molar-refractivity contribution in [2.75, 3.05) is 12.4 Å². The molecule has 1 heterocycles. The largest absolute Gasteiger partial charge is 0.493 e. The van der Waals surface area contributed by atoms with Crippen LogP contribution < -0.4 is 14.8 Å². The molecule has 1 amide bonds. The number of alkyl halides is 2. The SMILES string of the molecule is COc1cc(COC(=O)C[C@H]2Sc3ccccc3NC2=O)ccc1OC(F)F. The number of amides is 1. The number of carbonyl (C=O) groups is 2. The van der Waals surface area contributed by atoms with E-state index in [0.717, 1.165) is 10.6 Å². The lowest BCUT2D eigenvalue weighted by atomic mass is 10.2. The van der Waals surface area contributed by atoms with Gasteiger partial charge in [-0.25, -0.2) is 0 Å². The van der Waals surface area contributed by atoms with Gasteiger partial charge in [0.25, 0.3) is 0 Å². The third-order valence-corrected chi connectivity index (χ3v) is 5.18. The summed E-state index contributed by atoms with van der Waals surface area (Å²) in [5, 5.41) is 2.18. The van der Waals surface area contributed by atoms with Crippen molar-refractivity contribution >= 4 is 29.3 Å². The van der Waals surface area contributed by atoms with E-state index in [1.165, 1.54) is 37.1 Å². The molecular formula is C19H17F2NO5S. The molecule has 2 aromatic rings. The maximum atomic E-state index is 12.4.